The molecule has 0 aliphatic rings. The topological polar surface area (TPSA) is 23.0 Å². The maximum atomic E-state index is 7.32. The zero-order valence-corrected chi connectivity index (χ0v) is 33.9. The van der Waals surface area contributed by atoms with Crippen LogP contribution in [0.25, 0.3) is 142 Å². The average Bonchev–Trinajstić information content (AvgIpc) is 4.02. The van der Waals surface area contributed by atoms with E-state index in [1.165, 1.54) is 75.4 Å². The van der Waals surface area contributed by atoms with E-state index < -0.39 is 0 Å². The first-order chi connectivity index (χ1) is 31.3. The van der Waals surface area contributed by atoms with Gasteiger partial charge in [0.25, 0.3) is 0 Å². The molecule has 0 unspecified atom stereocenters. The summed E-state index contributed by atoms with van der Waals surface area (Å²) in [7, 11) is 0. The number of hydrogen-bond donors (Lipinski definition) is 0. The third-order valence-electron chi connectivity index (χ3n) is 14.0. The fourth-order valence-electron chi connectivity index (χ4n) is 11.4. The second kappa shape index (κ2) is 12.1. The lowest BCUT2D eigenvalue weighted by Crippen LogP contribution is -1.94. The minimum absolute atomic E-state index is 0.920. The Labute approximate surface area is 359 Å². The summed E-state index contributed by atoms with van der Waals surface area (Å²) in [5, 5.41) is 22.1. The predicted octanol–water partition coefficient (Wildman–Crippen LogP) is 16.7. The molecule has 290 valence electrons. The number of para-hydroxylation sites is 2. The maximum absolute atomic E-state index is 7.32. The summed E-state index contributed by atoms with van der Waals surface area (Å²) in [5.74, 6) is 0. The number of benzene rings is 12. The molecule has 15 aromatic rings. The summed E-state index contributed by atoms with van der Waals surface area (Å²) < 4.78 is 12.2. The summed E-state index contributed by atoms with van der Waals surface area (Å²) in [6.45, 7) is 0. The highest BCUT2D eigenvalue weighted by Crippen LogP contribution is 2.46. The maximum Gasteiger partial charge on any atom is 0.145 e. The molecule has 3 heteroatoms. The van der Waals surface area contributed by atoms with E-state index in [1.54, 1.807) is 0 Å². The highest BCUT2D eigenvalue weighted by Gasteiger charge is 2.23. The summed E-state index contributed by atoms with van der Waals surface area (Å²) in [4.78, 5) is 0. The Morgan fingerprint density at radius 1 is 0.222 bits per heavy atom. The number of furan rings is 1. The minimum Gasteiger partial charge on any atom is -0.455 e. The van der Waals surface area contributed by atoms with Gasteiger partial charge in [-0.25, -0.2) is 0 Å². The largest absolute Gasteiger partial charge is 0.455 e. The molecule has 3 heterocycles. The van der Waals surface area contributed by atoms with E-state index in [0.717, 1.165) is 66.2 Å². The lowest BCUT2D eigenvalue weighted by Gasteiger charge is -2.13. The molecule has 0 radical (unpaired) electrons. The van der Waals surface area contributed by atoms with Gasteiger partial charge in [0.05, 0.1) is 32.8 Å². The van der Waals surface area contributed by atoms with Crippen LogP contribution in [0.1, 0.15) is 0 Å². The SMILES string of the molecule is c1ccc2c(c1)c1ccccc1c1cc(-n3c4ccccc4c4c5oc6c(ccc7c6c6ccccc6n7-c6ccc7c8ccccc8c8ccccc8c7c6)c5ccc43)ccc21. The molecule has 0 bridgehead atoms. The van der Waals surface area contributed by atoms with Crippen LogP contribution in [0.5, 0.6) is 0 Å². The second-order valence-electron chi connectivity index (χ2n) is 17.1. The molecule has 12 aromatic carbocycles. The molecular formula is C60H34N2O. The Bertz CT molecular complexity index is 4140. The lowest BCUT2D eigenvalue weighted by atomic mass is 9.94. The zero-order valence-electron chi connectivity index (χ0n) is 33.9. The van der Waals surface area contributed by atoms with Gasteiger partial charge in [0.1, 0.15) is 11.2 Å². The zero-order chi connectivity index (χ0) is 40.9. The van der Waals surface area contributed by atoms with Crippen molar-refractivity contribution in [3.05, 3.63) is 206 Å². The van der Waals surface area contributed by atoms with Crippen molar-refractivity contribution < 1.29 is 4.42 Å². The normalized spacial score (nSPS) is 12.4. The van der Waals surface area contributed by atoms with Crippen LogP contribution in [0.2, 0.25) is 0 Å². The van der Waals surface area contributed by atoms with E-state index in [4.69, 9.17) is 4.42 Å². The number of hydrogen-bond acceptors (Lipinski definition) is 1. The molecule has 0 fully saturated rings. The van der Waals surface area contributed by atoms with Gasteiger partial charge in [-0.15, -0.1) is 0 Å². The highest BCUT2D eigenvalue weighted by atomic mass is 16.3. The molecule has 0 atom stereocenters. The van der Waals surface area contributed by atoms with E-state index in [1.807, 2.05) is 0 Å². The van der Waals surface area contributed by atoms with E-state index in [-0.39, 0.29) is 0 Å². The van der Waals surface area contributed by atoms with Gasteiger partial charge in [-0.3, -0.25) is 0 Å². The van der Waals surface area contributed by atoms with Crippen LogP contribution in [0, 0.1) is 0 Å². The molecule has 3 aromatic heterocycles. The molecule has 63 heavy (non-hydrogen) atoms. The number of nitrogens with zero attached hydrogens (tertiary/aromatic N) is 2. The van der Waals surface area contributed by atoms with Crippen LogP contribution in [0.3, 0.4) is 0 Å². The fraction of sp³-hybridized carbons (Fsp3) is 0. The van der Waals surface area contributed by atoms with Crippen molar-refractivity contribution in [1.29, 1.82) is 0 Å². The first kappa shape index (κ1) is 33.3. The standard InChI is InChI=1S/C60H34N2O/c1-3-17-41-37(13-1)39-15-5-7-19-43(39)51-33-35(25-27-45(41)51)61-53-23-11-9-21-49(53)57-55(61)31-29-47-48-30-32-56-58(60(48)63-59(47)57)50-22-10-12-24-54(50)62(56)36-26-28-46-42-18-4-2-14-38(42)40-16-6-8-20-44(40)52(46)34-36/h1-34H. The summed E-state index contributed by atoms with van der Waals surface area (Å²) >= 11 is 0. The van der Waals surface area contributed by atoms with Gasteiger partial charge in [0.2, 0.25) is 0 Å². The molecule has 0 spiro atoms. The van der Waals surface area contributed by atoms with Gasteiger partial charge in [-0.05, 0) is 125 Å². The van der Waals surface area contributed by atoms with Gasteiger partial charge >= 0.3 is 0 Å². The van der Waals surface area contributed by atoms with Gasteiger partial charge < -0.3 is 13.6 Å². The van der Waals surface area contributed by atoms with E-state index >= 15 is 0 Å². The molecule has 0 aliphatic heterocycles. The van der Waals surface area contributed by atoms with Crippen molar-refractivity contribution >= 4 is 130 Å². The molecular weight excluding hydrogens is 765 g/mol. The van der Waals surface area contributed by atoms with Crippen LogP contribution in [-0.2, 0) is 0 Å². The number of rotatable bonds is 2. The van der Waals surface area contributed by atoms with Crippen molar-refractivity contribution in [2.24, 2.45) is 0 Å². The third kappa shape index (κ3) is 4.33. The van der Waals surface area contributed by atoms with Crippen molar-refractivity contribution in [2.45, 2.75) is 0 Å². The Morgan fingerprint density at radius 2 is 0.508 bits per heavy atom. The van der Waals surface area contributed by atoms with E-state index in [2.05, 4.69) is 215 Å². The Hall–Kier alpha value is -8.40. The summed E-state index contributed by atoms with van der Waals surface area (Å²) in [6.07, 6.45) is 0. The molecule has 15 rings (SSSR count). The molecule has 0 amide bonds. The van der Waals surface area contributed by atoms with Gasteiger partial charge in [-0.2, -0.15) is 0 Å². The molecule has 0 N–H and O–H groups in total. The first-order valence-corrected chi connectivity index (χ1v) is 21.8. The fourth-order valence-corrected chi connectivity index (χ4v) is 11.4. The van der Waals surface area contributed by atoms with E-state index in [9.17, 15) is 0 Å². The molecule has 0 saturated heterocycles. The molecule has 3 nitrogen and oxygen atoms in total. The average molecular weight is 799 g/mol. The third-order valence-corrected chi connectivity index (χ3v) is 14.0. The summed E-state index contributed by atoms with van der Waals surface area (Å²) in [5.41, 5.74) is 8.67. The van der Waals surface area contributed by atoms with E-state index in [0.29, 0.717) is 0 Å². The van der Waals surface area contributed by atoms with Crippen LogP contribution in [-0.4, -0.2) is 9.13 Å². The quantitative estimate of drug-likeness (QED) is 0.160. The van der Waals surface area contributed by atoms with Gasteiger partial charge in [0.15, 0.2) is 0 Å². The van der Waals surface area contributed by atoms with Crippen molar-refractivity contribution in [3.8, 4) is 11.4 Å². The molecule has 0 aliphatic carbocycles. The number of fused-ring (bicyclic) bond motifs is 23. The van der Waals surface area contributed by atoms with Crippen molar-refractivity contribution in [1.82, 2.24) is 9.13 Å². The van der Waals surface area contributed by atoms with Crippen LogP contribution in [0.15, 0.2) is 211 Å². The van der Waals surface area contributed by atoms with Crippen LogP contribution in [0.4, 0.5) is 0 Å². The Balaban J connectivity index is 0.997. The highest BCUT2D eigenvalue weighted by molar-refractivity contribution is 6.30. The van der Waals surface area contributed by atoms with Gasteiger partial charge in [0, 0.05) is 32.9 Å². The predicted molar refractivity (Wildman–Crippen MR) is 267 cm³/mol. The van der Waals surface area contributed by atoms with Crippen molar-refractivity contribution in [2.75, 3.05) is 0 Å². The molecule has 0 saturated carbocycles. The number of aromatic nitrogens is 2. The first-order valence-electron chi connectivity index (χ1n) is 21.8. The van der Waals surface area contributed by atoms with Crippen LogP contribution >= 0.6 is 0 Å². The smallest absolute Gasteiger partial charge is 0.145 e. The van der Waals surface area contributed by atoms with Crippen LogP contribution < -0.4 is 0 Å². The Kier molecular flexibility index (Phi) is 6.41. The second-order valence-corrected chi connectivity index (χ2v) is 17.1. The summed E-state index contributed by atoms with van der Waals surface area (Å²) in [6, 6.07) is 75.9. The van der Waals surface area contributed by atoms with Gasteiger partial charge in [-0.1, -0.05) is 146 Å². The lowest BCUT2D eigenvalue weighted by molar-refractivity contribution is 0.677. The van der Waals surface area contributed by atoms with Crippen molar-refractivity contribution in [3.63, 3.8) is 0 Å². The Morgan fingerprint density at radius 3 is 0.873 bits per heavy atom. The monoisotopic (exact) mass is 798 g/mol. The minimum atomic E-state index is 0.920.